The zero-order valence-corrected chi connectivity index (χ0v) is 21.5. The van der Waals surface area contributed by atoms with Gasteiger partial charge in [-0.15, -0.1) is 0 Å². The fourth-order valence-electron chi connectivity index (χ4n) is 4.41. The van der Waals surface area contributed by atoms with E-state index in [4.69, 9.17) is 30.1 Å². The van der Waals surface area contributed by atoms with Crippen LogP contribution in [-0.2, 0) is 12.8 Å². The summed E-state index contributed by atoms with van der Waals surface area (Å²) in [5.41, 5.74) is 15.5. The van der Waals surface area contributed by atoms with Gasteiger partial charge in [-0.3, -0.25) is 0 Å². The second-order valence-corrected chi connectivity index (χ2v) is 8.96. The molecule has 11 nitrogen and oxygen atoms in total. The van der Waals surface area contributed by atoms with E-state index in [0.717, 1.165) is 27.4 Å². The lowest BCUT2D eigenvalue weighted by Crippen LogP contribution is -2.25. The van der Waals surface area contributed by atoms with E-state index < -0.39 is 6.09 Å². The molecule has 0 saturated heterocycles. The number of furan rings is 1. The Bertz CT molecular complexity index is 1660. The molecule has 0 aliphatic carbocycles. The highest BCUT2D eigenvalue weighted by Crippen LogP contribution is 2.41. The van der Waals surface area contributed by atoms with Crippen LogP contribution in [0.15, 0.2) is 47.0 Å². The number of ether oxygens (including phenoxy) is 3. The summed E-state index contributed by atoms with van der Waals surface area (Å²) in [6.45, 7) is 0. The van der Waals surface area contributed by atoms with Gasteiger partial charge in [-0.25, -0.2) is 9.78 Å². The summed E-state index contributed by atoms with van der Waals surface area (Å²) in [7, 11) is 6.38. The second kappa shape index (κ2) is 9.85. The van der Waals surface area contributed by atoms with Crippen LogP contribution in [0.25, 0.3) is 21.9 Å². The number of carbonyl (C=O) groups excluding carboxylic acids is 1. The number of fused-ring (bicyclic) bond motifs is 2. The Morgan fingerprint density at radius 2 is 1.84 bits per heavy atom. The number of carbonyl (C=O) groups is 1. The maximum absolute atomic E-state index is 12.4. The number of nitrogens with two attached hydrogens (primary N) is 2. The summed E-state index contributed by atoms with van der Waals surface area (Å²) in [5, 5.41) is 1.74. The first-order chi connectivity index (χ1) is 18.3. The van der Waals surface area contributed by atoms with Gasteiger partial charge in [0.2, 0.25) is 17.6 Å². The van der Waals surface area contributed by atoms with E-state index in [1.54, 1.807) is 34.5 Å². The van der Waals surface area contributed by atoms with Gasteiger partial charge in [0.05, 0.1) is 14.2 Å². The van der Waals surface area contributed by atoms with E-state index in [1.165, 1.54) is 4.90 Å². The van der Waals surface area contributed by atoms with Crippen molar-refractivity contribution in [3.8, 4) is 17.4 Å². The van der Waals surface area contributed by atoms with Crippen LogP contribution in [0.1, 0.15) is 22.5 Å². The second-order valence-electron chi connectivity index (χ2n) is 8.96. The Balaban J connectivity index is 1.62. The maximum atomic E-state index is 12.4. The molecule has 0 aliphatic rings. The number of nitrogens with zero attached hydrogens (tertiary/aromatic N) is 3. The van der Waals surface area contributed by atoms with Crippen molar-refractivity contribution in [1.29, 1.82) is 0 Å². The van der Waals surface area contributed by atoms with Crippen molar-refractivity contribution in [1.82, 2.24) is 19.9 Å². The number of amides is 1. The van der Waals surface area contributed by atoms with Crippen molar-refractivity contribution >= 4 is 39.7 Å². The van der Waals surface area contributed by atoms with Gasteiger partial charge in [-0.2, -0.15) is 4.98 Å². The molecule has 0 unspecified atom stereocenters. The minimum atomic E-state index is -0.487. The molecule has 196 valence electrons. The molecule has 5 N–H and O–H groups in total. The highest BCUT2D eigenvalue weighted by Gasteiger charge is 2.23. The van der Waals surface area contributed by atoms with E-state index in [0.29, 0.717) is 52.9 Å². The Labute approximate surface area is 218 Å². The molecule has 2 aromatic carbocycles. The Kier molecular flexibility index (Phi) is 6.41. The molecule has 5 rings (SSSR count). The molecule has 0 spiro atoms. The number of aromatic nitrogens is 3. The number of H-pyrrole nitrogens is 1. The fourth-order valence-corrected chi connectivity index (χ4v) is 4.41. The molecular formula is C27H28N6O5. The van der Waals surface area contributed by atoms with Crippen molar-refractivity contribution in [2.45, 2.75) is 12.8 Å². The third-order valence-corrected chi connectivity index (χ3v) is 6.27. The summed E-state index contributed by atoms with van der Waals surface area (Å²) in [6, 6.07) is 11.6. The number of hydrogen-bond donors (Lipinski definition) is 3. The summed E-state index contributed by atoms with van der Waals surface area (Å²) < 4.78 is 23.2. The summed E-state index contributed by atoms with van der Waals surface area (Å²) in [4.78, 5) is 25.1. The number of methoxy groups -OCH3 is 2. The third kappa shape index (κ3) is 4.49. The number of nitrogen functional groups attached to an aromatic ring is 2. The maximum Gasteiger partial charge on any atom is 0.415 e. The number of para-hydroxylation sites is 1. The number of benzene rings is 2. The van der Waals surface area contributed by atoms with Crippen molar-refractivity contribution in [2.75, 3.05) is 39.8 Å². The molecule has 1 amide bonds. The zero-order valence-electron chi connectivity index (χ0n) is 21.5. The summed E-state index contributed by atoms with van der Waals surface area (Å²) >= 11 is 0. The quantitative estimate of drug-likeness (QED) is 0.289. The van der Waals surface area contributed by atoms with Crippen LogP contribution < -0.4 is 25.7 Å². The van der Waals surface area contributed by atoms with Gasteiger partial charge in [0.1, 0.15) is 11.6 Å². The van der Waals surface area contributed by atoms with Crippen LogP contribution in [0, 0.1) is 0 Å². The van der Waals surface area contributed by atoms with E-state index in [-0.39, 0.29) is 5.95 Å². The lowest BCUT2D eigenvalue weighted by atomic mass is 10.0. The molecular weight excluding hydrogens is 488 g/mol. The van der Waals surface area contributed by atoms with Gasteiger partial charge in [0.25, 0.3) is 0 Å². The number of hydrogen-bond acceptors (Lipinski definition) is 9. The molecule has 0 aliphatic heterocycles. The van der Waals surface area contributed by atoms with Crippen molar-refractivity contribution in [2.24, 2.45) is 0 Å². The molecule has 5 aromatic rings. The first-order valence-corrected chi connectivity index (χ1v) is 11.8. The van der Waals surface area contributed by atoms with Crippen molar-refractivity contribution < 1.29 is 23.4 Å². The Hall–Kier alpha value is -4.93. The third-order valence-electron chi connectivity index (χ3n) is 6.27. The first-order valence-electron chi connectivity index (χ1n) is 11.8. The topological polar surface area (TPSA) is 155 Å². The molecule has 3 heterocycles. The van der Waals surface area contributed by atoms with Crippen LogP contribution in [0.3, 0.4) is 0 Å². The van der Waals surface area contributed by atoms with Gasteiger partial charge >= 0.3 is 6.09 Å². The van der Waals surface area contributed by atoms with Crippen LogP contribution in [0.2, 0.25) is 0 Å². The van der Waals surface area contributed by atoms with Crippen molar-refractivity contribution in [3.63, 3.8) is 0 Å². The average Bonchev–Trinajstić information content (AvgIpc) is 3.47. The fraction of sp³-hybridized carbons (Fsp3) is 0.222. The molecule has 0 saturated carbocycles. The zero-order chi connectivity index (χ0) is 27.0. The minimum absolute atomic E-state index is 0.110. The molecule has 11 heteroatoms. The predicted octanol–water partition coefficient (Wildman–Crippen LogP) is 4.13. The van der Waals surface area contributed by atoms with E-state index in [1.807, 2.05) is 36.4 Å². The van der Waals surface area contributed by atoms with Gasteiger partial charge in [-0.1, -0.05) is 18.2 Å². The number of rotatable bonds is 7. The smallest absolute Gasteiger partial charge is 0.415 e. The average molecular weight is 517 g/mol. The van der Waals surface area contributed by atoms with Gasteiger partial charge in [-0.05, 0) is 23.8 Å². The first kappa shape index (κ1) is 24.8. The molecule has 0 fully saturated rings. The number of nitrogens with one attached hydrogen (secondary N) is 1. The standard InChI is InChI=1S/C27H28N6O5/c1-33(2)27(34)38-25-19(17-7-5-6-8-20(17)31-25)12-16-11-18-14(9-15-13-30-26(29)32-24(15)28)10-21(35-3)23(36-4)22(18)37-16/h5-8,10-11,13,31H,9,12H2,1-4H3,(H4,28,29,30,32). The summed E-state index contributed by atoms with van der Waals surface area (Å²) in [5.74, 6) is 2.40. The molecule has 0 atom stereocenters. The van der Waals surface area contributed by atoms with Gasteiger partial charge in [0, 0.05) is 60.5 Å². The van der Waals surface area contributed by atoms with Crippen LogP contribution >= 0.6 is 0 Å². The van der Waals surface area contributed by atoms with Gasteiger partial charge < -0.3 is 40.0 Å². The van der Waals surface area contributed by atoms with E-state index in [2.05, 4.69) is 15.0 Å². The lowest BCUT2D eigenvalue weighted by molar-refractivity contribution is 0.170. The summed E-state index contributed by atoms with van der Waals surface area (Å²) in [6.07, 6.45) is 1.89. The van der Waals surface area contributed by atoms with Crippen LogP contribution in [0.4, 0.5) is 16.6 Å². The Morgan fingerprint density at radius 3 is 2.55 bits per heavy atom. The Morgan fingerprint density at radius 1 is 1.05 bits per heavy atom. The SMILES string of the molecule is COc1cc(Cc2cnc(N)nc2N)c2cc(Cc3c(OC(=O)N(C)C)[nH]c4ccccc34)oc2c1OC. The molecule has 0 bridgehead atoms. The predicted molar refractivity (Wildman–Crippen MR) is 144 cm³/mol. The van der Waals surface area contributed by atoms with Gasteiger partial charge in [0.15, 0.2) is 11.3 Å². The normalized spacial score (nSPS) is 11.2. The van der Waals surface area contributed by atoms with E-state index in [9.17, 15) is 4.79 Å². The van der Waals surface area contributed by atoms with Crippen molar-refractivity contribution in [3.05, 3.63) is 65.0 Å². The molecule has 0 radical (unpaired) electrons. The largest absolute Gasteiger partial charge is 0.493 e. The monoisotopic (exact) mass is 516 g/mol. The number of aromatic amines is 1. The minimum Gasteiger partial charge on any atom is -0.493 e. The molecule has 38 heavy (non-hydrogen) atoms. The van der Waals surface area contributed by atoms with Crippen LogP contribution in [-0.4, -0.2) is 54.3 Å². The lowest BCUT2D eigenvalue weighted by Gasteiger charge is -2.12. The molecule has 3 aromatic heterocycles. The highest BCUT2D eigenvalue weighted by molar-refractivity contribution is 5.91. The highest BCUT2D eigenvalue weighted by atomic mass is 16.6. The van der Waals surface area contributed by atoms with E-state index >= 15 is 0 Å². The number of anilines is 2. The van der Waals surface area contributed by atoms with Crippen LogP contribution in [0.5, 0.6) is 17.4 Å².